The number of aliphatic hydroxyl groups excluding tert-OH is 2. The Hall–Kier alpha value is -8.14. The molecule has 0 fully saturated rings. The van der Waals surface area contributed by atoms with Gasteiger partial charge in [0.15, 0.2) is 0 Å². The number of hydrogen-bond acceptors (Lipinski definition) is 18. The number of hydrogen-bond donors (Lipinski definition) is 12. The summed E-state index contributed by atoms with van der Waals surface area (Å²) in [5.41, 5.74) is 10.8. The van der Waals surface area contributed by atoms with E-state index in [1.165, 1.54) is 28.1 Å². The highest BCUT2D eigenvalue weighted by atomic mass is 16.5. The molecule has 0 bridgehead atoms. The van der Waals surface area contributed by atoms with E-state index in [0.717, 1.165) is 10.8 Å². The summed E-state index contributed by atoms with van der Waals surface area (Å²) < 4.78 is 21.6. The second-order valence-corrected chi connectivity index (χ2v) is 23.5. The van der Waals surface area contributed by atoms with Crippen LogP contribution in [0, 0.1) is 23.7 Å². The van der Waals surface area contributed by atoms with Crippen molar-refractivity contribution in [2.45, 2.75) is 207 Å². The van der Waals surface area contributed by atoms with Gasteiger partial charge < -0.3 is 83.2 Å². The van der Waals surface area contributed by atoms with Crippen LogP contribution in [0.2, 0.25) is 0 Å². The van der Waals surface area contributed by atoms with Crippen LogP contribution >= 0.6 is 0 Å². The Bertz CT molecular complexity index is 2570. The molecule has 0 heterocycles. The molecule has 0 aliphatic rings. The molecule has 12 atom stereocenters. The number of ether oxygens (including phenoxy) is 4. The fourth-order valence-corrected chi connectivity index (χ4v) is 9.26. The molecule has 28 heteroatoms. The number of amides is 10. The maximum Gasteiger partial charge on any atom is 0.328 e. The van der Waals surface area contributed by atoms with Crippen molar-refractivity contribution in [2.75, 3.05) is 27.4 Å². The SMILES string of the molecule is CC[C@H](C)[C@H](NC(=O)[C@H](CCC(N)=O)NC(=O)CCCOc1ccc2ccc(OCCCC(=O)N[C@@H](CCC(N)=O)C(=O)N[C@H](C(=O)N[C@H](C(=O)N[C@@H](CC(C)C)C(=O)OC)[C@@H](C)O)[C@@H](C)CC)cc2c1)C(=O)N[C@H](C(=O)N[C@@H](CC(C)C)C(=O)OC)[C@@H](C)O. The first-order valence-electron chi connectivity index (χ1n) is 30.6. The van der Waals surface area contributed by atoms with Crippen LogP contribution in [0.5, 0.6) is 11.5 Å². The van der Waals surface area contributed by atoms with Crippen LogP contribution < -0.4 is 63.5 Å². The second-order valence-electron chi connectivity index (χ2n) is 23.5. The van der Waals surface area contributed by atoms with E-state index in [9.17, 15) is 67.7 Å². The van der Waals surface area contributed by atoms with Crippen LogP contribution in [0.3, 0.4) is 0 Å². The number of nitrogens with two attached hydrogens (primary N) is 2. The summed E-state index contributed by atoms with van der Waals surface area (Å²) in [5, 5.41) is 43.2. The average molecular weight is 1270 g/mol. The summed E-state index contributed by atoms with van der Waals surface area (Å²) in [4.78, 5) is 157. The first-order chi connectivity index (χ1) is 42.3. The van der Waals surface area contributed by atoms with Gasteiger partial charge in [-0.15, -0.1) is 0 Å². The third-order valence-electron chi connectivity index (χ3n) is 14.8. The number of primary amides is 2. The normalized spacial score (nSPS) is 15.2. The van der Waals surface area contributed by atoms with E-state index >= 15 is 0 Å². The number of aliphatic hydroxyl groups is 2. The molecule has 0 aromatic heterocycles. The number of benzene rings is 2. The largest absolute Gasteiger partial charge is 0.494 e. The van der Waals surface area contributed by atoms with Gasteiger partial charge in [0, 0.05) is 25.7 Å². The smallest absolute Gasteiger partial charge is 0.328 e. The Balaban J connectivity index is 2.08. The Morgan fingerprint density at radius 1 is 0.433 bits per heavy atom. The van der Waals surface area contributed by atoms with Gasteiger partial charge in [-0.2, -0.15) is 0 Å². The van der Waals surface area contributed by atoms with Gasteiger partial charge >= 0.3 is 11.9 Å². The third kappa shape index (κ3) is 27.7. The molecule has 0 spiro atoms. The molecule has 2 rings (SSSR count). The molecule has 2 aromatic rings. The first-order valence-corrected chi connectivity index (χ1v) is 30.6. The lowest BCUT2D eigenvalue weighted by Gasteiger charge is -2.29. The molecule has 28 nitrogen and oxygen atoms in total. The zero-order chi connectivity index (χ0) is 67.9. The van der Waals surface area contributed by atoms with Crippen molar-refractivity contribution < 1.29 is 86.7 Å². The van der Waals surface area contributed by atoms with Crippen LogP contribution in [0.1, 0.15) is 146 Å². The minimum absolute atomic E-state index is 0.0253. The monoisotopic (exact) mass is 1270 g/mol. The van der Waals surface area contributed by atoms with Crippen LogP contribution in [0.4, 0.5) is 0 Å². The van der Waals surface area contributed by atoms with Gasteiger partial charge in [0.1, 0.15) is 59.8 Å². The molecular weight excluding hydrogens is 1170 g/mol. The summed E-state index contributed by atoms with van der Waals surface area (Å²) in [6.45, 7) is 16.9. The fraction of sp³-hybridized carbons (Fsp3) is 0.645. The van der Waals surface area contributed by atoms with Crippen LogP contribution in [0.15, 0.2) is 36.4 Å². The van der Waals surface area contributed by atoms with Gasteiger partial charge in [0.25, 0.3) is 0 Å². The van der Waals surface area contributed by atoms with Gasteiger partial charge in [-0.3, -0.25) is 47.9 Å². The number of esters is 2. The van der Waals surface area contributed by atoms with Crippen molar-refractivity contribution in [3.63, 3.8) is 0 Å². The van der Waals surface area contributed by atoms with Crippen molar-refractivity contribution >= 4 is 81.8 Å². The number of fused-ring (bicyclic) bond motifs is 1. The van der Waals surface area contributed by atoms with E-state index in [1.54, 1.807) is 52.0 Å². The van der Waals surface area contributed by atoms with E-state index in [-0.39, 0.29) is 89.3 Å². The Morgan fingerprint density at radius 2 is 0.767 bits per heavy atom. The number of nitrogens with one attached hydrogen (secondary N) is 8. The Kier molecular flexibility index (Phi) is 34.5. The second kappa shape index (κ2) is 39.8. The van der Waals surface area contributed by atoms with Crippen molar-refractivity contribution in [3.05, 3.63) is 36.4 Å². The van der Waals surface area contributed by atoms with Crippen molar-refractivity contribution in [3.8, 4) is 11.5 Å². The van der Waals surface area contributed by atoms with Gasteiger partial charge in [-0.05, 0) is 111 Å². The van der Waals surface area contributed by atoms with E-state index in [4.69, 9.17) is 30.4 Å². The minimum atomic E-state index is -1.53. The molecular formula is C62H98N10O18. The lowest BCUT2D eigenvalue weighted by Crippen LogP contribution is -2.61. The molecule has 0 aliphatic carbocycles. The number of carbonyl (C=O) groups excluding carboxylic acids is 12. The quantitative estimate of drug-likeness (QED) is 0.0324. The fourth-order valence-electron chi connectivity index (χ4n) is 9.26. The van der Waals surface area contributed by atoms with Crippen molar-refractivity contribution in [1.82, 2.24) is 42.5 Å². The molecule has 0 saturated carbocycles. The molecule has 0 radical (unpaired) electrons. The summed E-state index contributed by atoms with van der Waals surface area (Å²) in [5.74, 6) is -9.19. The Morgan fingerprint density at radius 3 is 1.07 bits per heavy atom. The highest BCUT2D eigenvalue weighted by Gasteiger charge is 2.38. The first kappa shape index (κ1) is 78.0. The van der Waals surface area contributed by atoms with E-state index in [1.807, 2.05) is 39.8 Å². The molecule has 0 saturated heterocycles. The lowest BCUT2D eigenvalue weighted by molar-refractivity contribution is -0.146. The molecule has 2 aromatic carbocycles. The predicted octanol–water partition coefficient (Wildman–Crippen LogP) is 0.859. The molecule has 0 aliphatic heterocycles. The molecule has 504 valence electrons. The van der Waals surface area contributed by atoms with E-state index in [2.05, 4.69) is 42.5 Å². The van der Waals surface area contributed by atoms with Crippen LogP contribution in [-0.4, -0.2) is 169 Å². The van der Waals surface area contributed by atoms with E-state index < -0.39 is 143 Å². The minimum Gasteiger partial charge on any atom is -0.494 e. The topological polar surface area (TPSA) is 430 Å². The standard InChI is InChI=1S/C62H98N10O18/c1-13-35(7)51(57(81)71-53(37(9)73)59(83)67-45(29-33(3)4)61(85)87-11)69-55(79)43(23-25-47(63)75)65-49(77)17-15-27-89-41-21-19-39-20-22-42(32-40(39)31-41)90-28-16-18-50(78)66-44(24-26-48(64)76)56(80)70-52(36(8)14-2)58(82)72-54(38(10)74)60(84)68-46(30-34(5)6)62(86)88-12/h19-22,31-38,43-46,51-54,73-74H,13-18,23-30H2,1-12H3,(H2,63,75)(H2,64,76)(H,65,77)(H,66,78)(H,67,83)(H,68,84)(H,69,79)(H,70,80)(H,71,81)(H,72,82)/t35-,36-,37+,38+,43-,44-,45-,46-,51-,52-,53-,54-/m0/s1. The van der Waals surface area contributed by atoms with Crippen LogP contribution in [-0.2, 0) is 67.0 Å². The van der Waals surface area contributed by atoms with Gasteiger partial charge in [-0.1, -0.05) is 80.4 Å². The highest BCUT2D eigenvalue weighted by molar-refractivity contribution is 5.97. The maximum absolute atomic E-state index is 13.8. The maximum atomic E-state index is 13.8. The third-order valence-corrected chi connectivity index (χ3v) is 14.8. The molecule has 14 N–H and O–H groups in total. The van der Waals surface area contributed by atoms with Gasteiger partial charge in [0.2, 0.25) is 59.1 Å². The number of rotatable bonds is 42. The van der Waals surface area contributed by atoms with Crippen molar-refractivity contribution in [1.29, 1.82) is 0 Å². The lowest BCUT2D eigenvalue weighted by atomic mass is 9.96. The number of methoxy groups -OCH3 is 2. The Labute approximate surface area is 526 Å². The molecule has 0 unspecified atom stereocenters. The van der Waals surface area contributed by atoms with Gasteiger partial charge in [0.05, 0.1) is 39.6 Å². The zero-order valence-electron chi connectivity index (χ0n) is 54.0. The summed E-state index contributed by atoms with van der Waals surface area (Å²) in [6, 6.07) is 0.302. The van der Waals surface area contributed by atoms with Crippen molar-refractivity contribution in [2.24, 2.45) is 35.1 Å². The van der Waals surface area contributed by atoms with Crippen LogP contribution in [0.25, 0.3) is 10.8 Å². The molecule has 90 heavy (non-hydrogen) atoms. The van der Waals surface area contributed by atoms with E-state index in [0.29, 0.717) is 24.3 Å². The summed E-state index contributed by atoms with van der Waals surface area (Å²) in [7, 11) is 2.33. The molecule has 10 amide bonds. The zero-order valence-corrected chi connectivity index (χ0v) is 54.0. The summed E-state index contributed by atoms with van der Waals surface area (Å²) >= 11 is 0. The number of carbonyl (C=O) groups is 12. The average Bonchev–Trinajstić information content (AvgIpc) is 1.53. The summed E-state index contributed by atoms with van der Waals surface area (Å²) in [6.07, 6.45) is -2.46. The predicted molar refractivity (Wildman–Crippen MR) is 331 cm³/mol. The highest BCUT2D eigenvalue weighted by Crippen LogP contribution is 2.26. The van der Waals surface area contributed by atoms with Gasteiger partial charge in [-0.25, -0.2) is 9.59 Å².